The molecule has 2 N–H and O–H groups in total. The fourth-order valence-electron chi connectivity index (χ4n) is 6.35. The molecule has 0 spiro atoms. The summed E-state index contributed by atoms with van der Waals surface area (Å²) in [6.07, 6.45) is 3.45. The number of hydrogen-bond acceptors (Lipinski definition) is 8. The lowest BCUT2D eigenvalue weighted by Gasteiger charge is -2.48. The Balaban J connectivity index is 1.57. The standard InChI is InChI=1S/C34H45N7O4S/c1-8-10-15-46(44,45)35-20-23(5)31-37-32-30(29(38-41(32)39-31)24-12-11-13-25(17-24)33(42)43)36-27-18-26-22(4)19-34(6,7)40(14-9-2)28(26)16-21(27)3/h11-13,16-18,22-23,35H,8-10,14-15,19-20H2,1-7H3,(H,42,43)/b36-30-. The van der Waals surface area contributed by atoms with Crippen LogP contribution < -0.4 is 9.62 Å². The lowest BCUT2D eigenvalue weighted by atomic mass is 9.79. The first kappa shape index (κ1) is 33.5. The first-order valence-electron chi connectivity index (χ1n) is 16.1. The first-order chi connectivity index (χ1) is 21.7. The Bertz CT molecular complexity index is 1810. The molecular formula is C34H45N7O4S. The minimum Gasteiger partial charge on any atom is -0.478 e. The number of nitrogens with zero attached hydrogens (tertiary/aromatic N) is 6. The second-order valence-electron chi connectivity index (χ2n) is 13.2. The van der Waals surface area contributed by atoms with Crippen LogP contribution in [0.25, 0.3) is 0 Å². The zero-order valence-electron chi connectivity index (χ0n) is 27.8. The highest BCUT2D eigenvalue weighted by Crippen LogP contribution is 2.46. The van der Waals surface area contributed by atoms with Gasteiger partial charge in [-0.25, -0.2) is 27.9 Å². The molecule has 0 radical (unpaired) electrons. The number of unbranched alkanes of at least 4 members (excludes halogenated alkanes) is 1. The van der Waals surface area contributed by atoms with Gasteiger partial charge in [-0.3, -0.25) is 0 Å². The number of fused-ring (bicyclic) bond motifs is 2. The van der Waals surface area contributed by atoms with Gasteiger partial charge in [0.25, 0.3) is 0 Å². The van der Waals surface area contributed by atoms with Crippen LogP contribution in [0.1, 0.15) is 118 Å². The Morgan fingerprint density at radius 1 is 1.20 bits per heavy atom. The zero-order valence-corrected chi connectivity index (χ0v) is 28.6. The number of sulfonamides is 1. The van der Waals surface area contributed by atoms with Crippen LogP contribution in [0.15, 0.2) is 46.5 Å². The molecule has 2 atom stereocenters. The van der Waals surface area contributed by atoms with E-state index in [0.717, 1.165) is 37.1 Å². The molecule has 2 aliphatic heterocycles. The van der Waals surface area contributed by atoms with Crippen LogP contribution in [0, 0.1) is 6.92 Å². The number of carboxylic acids is 1. The fraction of sp³-hybridized carbons (Fsp3) is 0.500. The van der Waals surface area contributed by atoms with E-state index in [-0.39, 0.29) is 29.3 Å². The van der Waals surface area contributed by atoms with Gasteiger partial charge in [-0.1, -0.05) is 46.2 Å². The zero-order chi connectivity index (χ0) is 33.4. The van der Waals surface area contributed by atoms with Crippen molar-refractivity contribution in [3.63, 3.8) is 0 Å². The molecule has 2 unspecified atom stereocenters. The van der Waals surface area contributed by atoms with Crippen LogP contribution in [0.2, 0.25) is 0 Å². The molecule has 1 aromatic heterocycles. The number of anilines is 1. The predicted octanol–water partition coefficient (Wildman–Crippen LogP) is 6.00. The Morgan fingerprint density at radius 3 is 2.65 bits per heavy atom. The Labute approximate surface area is 271 Å². The third kappa shape index (κ3) is 6.78. The van der Waals surface area contributed by atoms with Crippen molar-refractivity contribution in [2.75, 3.05) is 23.7 Å². The molecule has 0 aliphatic carbocycles. The van der Waals surface area contributed by atoms with E-state index in [2.05, 4.69) is 61.5 Å². The van der Waals surface area contributed by atoms with Crippen molar-refractivity contribution in [1.82, 2.24) is 19.6 Å². The molecule has 3 heterocycles. The Morgan fingerprint density at radius 2 is 1.96 bits per heavy atom. The minimum absolute atomic E-state index is 0.0381. The Hall–Kier alpha value is -3.90. The number of rotatable bonds is 12. The number of aromatic nitrogens is 3. The first-order valence-corrected chi connectivity index (χ1v) is 17.8. The van der Waals surface area contributed by atoms with E-state index in [1.807, 2.05) is 13.8 Å². The summed E-state index contributed by atoms with van der Waals surface area (Å²) in [5, 5.41) is 19.0. The van der Waals surface area contributed by atoms with Crippen LogP contribution in [0.5, 0.6) is 0 Å². The number of aromatic carboxylic acids is 1. The van der Waals surface area contributed by atoms with Crippen LogP contribution >= 0.6 is 0 Å². The summed E-state index contributed by atoms with van der Waals surface area (Å²) in [5.41, 5.74) is 5.98. The number of carbonyl (C=O) groups is 1. The average molecular weight is 648 g/mol. The largest absolute Gasteiger partial charge is 0.478 e. The maximum atomic E-state index is 12.4. The van der Waals surface area contributed by atoms with Crippen molar-refractivity contribution >= 4 is 38.8 Å². The molecule has 46 heavy (non-hydrogen) atoms. The smallest absolute Gasteiger partial charge is 0.335 e. The quantitative estimate of drug-likeness (QED) is 0.246. The van der Waals surface area contributed by atoms with Crippen molar-refractivity contribution in [3.05, 3.63) is 70.3 Å². The van der Waals surface area contributed by atoms with Gasteiger partial charge >= 0.3 is 5.97 Å². The summed E-state index contributed by atoms with van der Waals surface area (Å²) in [4.78, 5) is 25.7. The minimum atomic E-state index is -3.40. The van der Waals surface area contributed by atoms with Crippen LogP contribution in [-0.2, 0) is 10.0 Å². The predicted molar refractivity (Wildman–Crippen MR) is 183 cm³/mol. The molecule has 0 amide bonds. The summed E-state index contributed by atoms with van der Waals surface area (Å²) in [7, 11) is -3.40. The topological polar surface area (TPSA) is 142 Å². The van der Waals surface area contributed by atoms with E-state index in [1.54, 1.807) is 18.2 Å². The van der Waals surface area contributed by atoms with Gasteiger partial charge in [-0.2, -0.15) is 0 Å². The van der Waals surface area contributed by atoms with Crippen molar-refractivity contribution < 1.29 is 18.3 Å². The van der Waals surface area contributed by atoms with Crippen molar-refractivity contribution in [3.8, 4) is 0 Å². The monoisotopic (exact) mass is 647 g/mol. The number of carboxylic acid groups (broad SMARTS) is 1. The highest BCUT2D eigenvalue weighted by atomic mass is 32.2. The van der Waals surface area contributed by atoms with E-state index < -0.39 is 16.0 Å². The van der Waals surface area contributed by atoms with Gasteiger partial charge in [0, 0.05) is 35.8 Å². The lowest BCUT2D eigenvalue weighted by Crippen LogP contribution is -2.48. The molecule has 0 fully saturated rings. The molecule has 11 nitrogen and oxygen atoms in total. The number of benzene rings is 2. The molecule has 5 rings (SSSR count). The summed E-state index contributed by atoms with van der Waals surface area (Å²) in [6, 6.07) is 11.0. The van der Waals surface area contributed by atoms with Gasteiger partial charge in [0.05, 0.1) is 17.0 Å². The van der Waals surface area contributed by atoms with Gasteiger partial charge in [0.15, 0.2) is 5.82 Å². The molecule has 12 heteroatoms. The van der Waals surface area contributed by atoms with Crippen molar-refractivity contribution in [2.24, 2.45) is 10.1 Å². The van der Waals surface area contributed by atoms with Gasteiger partial charge in [-0.05, 0) is 81.3 Å². The lowest BCUT2D eigenvalue weighted by molar-refractivity contribution is 0.0697. The molecule has 2 aliphatic rings. The summed E-state index contributed by atoms with van der Waals surface area (Å²) in [5.74, 6) is -0.0777. The second kappa shape index (κ2) is 13.1. The third-order valence-electron chi connectivity index (χ3n) is 8.82. The number of aliphatic imine (C=N–C) groups is 1. The van der Waals surface area contributed by atoms with Gasteiger partial charge in [0.1, 0.15) is 11.4 Å². The number of aryl methyl sites for hydroxylation is 1. The van der Waals surface area contributed by atoms with E-state index >= 15 is 0 Å². The normalized spacial score (nSPS) is 18.8. The Kier molecular flexibility index (Phi) is 9.51. The maximum Gasteiger partial charge on any atom is 0.335 e. The van der Waals surface area contributed by atoms with Gasteiger partial charge in [0.2, 0.25) is 15.8 Å². The van der Waals surface area contributed by atoms with Crippen molar-refractivity contribution in [1.29, 1.82) is 0 Å². The molecule has 0 saturated carbocycles. The molecule has 2 aromatic carbocycles. The molecule has 246 valence electrons. The van der Waals surface area contributed by atoms with E-state index in [1.165, 1.54) is 22.1 Å². The van der Waals surface area contributed by atoms with E-state index in [9.17, 15) is 18.3 Å². The number of hydrogen-bond donors (Lipinski definition) is 2. The van der Waals surface area contributed by atoms with E-state index in [0.29, 0.717) is 41.0 Å². The molecule has 0 saturated heterocycles. The highest BCUT2D eigenvalue weighted by molar-refractivity contribution is 7.89. The molecule has 0 bridgehead atoms. The second-order valence-corrected chi connectivity index (χ2v) is 15.1. The van der Waals surface area contributed by atoms with Crippen molar-refractivity contribution in [2.45, 2.75) is 91.5 Å². The number of nitrogens with one attached hydrogen (secondary N) is 1. The van der Waals surface area contributed by atoms with Crippen LogP contribution in [0.4, 0.5) is 11.4 Å². The third-order valence-corrected chi connectivity index (χ3v) is 10.3. The fourth-order valence-corrected chi connectivity index (χ4v) is 7.67. The molecular weight excluding hydrogens is 602 g/mol. The average Bonchev–Trinajstić information content (AvgIpc) is 3.57. The maximum absolute atomic E-state index is 12.4. The van der Waals surface area contributed by atoms with Gasteiger partial charge < -0.3 is 10.0 Å². The van der Waals surface area contributed by atoms with Crippen LogP contribution in [-0.4, -0.2) is 70.2 Å². The summed E-state index contributed by atoms with van der Waals surface area (Å²) < 4.78 is 27.5. The van der Waals surface area contributed by atoms with Crippen LogP contribution in [0.3, 0.4) is 0 Å². The van der Waals surface area contributed by atoms with Gasteiger partial charge in [-0.15, -0.1) is 15.0 Å². The highest BCUT2D eigenvalue weighted by Gasteiger charge is 2.37. The SMILES string of the molecule is CCCCS(=O)(=O)NCC(C)c1nc2n(n1)N=C(c1cccc(C(=O)O)c1)/C2=N/c1cc2c(cc1C)N(CCC)C(C)(C)CC2C. The summed E-state index contributed by atoms with van der Waals surface area (Å²) >= 11 is 0. The summed E-state index contributed by atoms with van der Waals surface area (Å²) in [6.45, 7) is 16.1. The molecule has 3 aromatic rings. The van der Waals surface area contributed by atoms with E-state index in [4.69, 9.17) is 15.1 Å².